The summed E-state index contributed by atoms with van der Waals surface area (Å²) in [4.78, 5) is 25.5. The summed E-state index contributed by atoms with van der Waals surface area (Å²) >= 11 is 0. The summed E-state index contributed by atoms with van der Waals surface area (Å²) in [5.74, 6) is -2.00. The molecule has 174 valence electrons. The SMILES string of the molecule is COC(=O)C1=C(C(=O)OC)N(c2ccc(C(F)(C(F)(F)F)C(F)(F)F)cc2C)C=CC=C1. The van der Waals surface area contributed by atoms with Gasteiger partial charge in [0.05, 0.1) is 19.8 Å². The van der Waals surface area contributed by atoms with Crippen molar-refractivity contribution in [2.24, 2.45) is 0 Å². The van der Waals surface area contributed by atoms with Gasteiger partial charge in [-0.1, -0.05) is 18.2 Å². The highest BCUT2D eigenvalue weighted by molar-refractivity contribution is 6.05. The molecule has 32 heavy (non-hydrogen) atoms. The molecule has 0 atom stereocenters. The van der Waals surface area contributed by atoms with Crippen molar-refractivity contribution in [3.8, 4) is 0 Å². The van der Waals surface area contributed by atoms with Gasteiger partial charge in [0.2, 0.25) is 0 Å². The van der Waals surface area contributed by atoms with E-state index in [1.165, 1.54) is 24.4 Å². The van der Waals surface area contributed by atoms with Gasteiger partial charge in [0.15, 0.2) is 0 Å². The zero-order valence-electron chi connectivity index (χ0n) is 16.8. The lowest BCUT2D eigenvalue weighted by atomic mass is 9.92. The predicted molar refractivity (Wildman–Crippen MR) is 97.9 cm³/mol. The summed E-state index contributed by atoms with van der Waals surface area (Å²) in [7, 11) is 2.04. The smallest absolute Gasteiger partial charge is 0.435 e. The number of benzene rings is 1. The van der Waals surface area contributed by atoms with E-state index < -0.39 is 41.2 Å². The lowest BCUT2D eigenvalue weighted by Crippen LogP contribution is -2.50. The van der Waals surface area contributed by atoms with Crippen LogP contribution >= 0.6 is 0 Å². The van der Waals surface area contributed by atoms with E-state index in [0.29, 0.717) is 12.1 Å². The number of methoxy groups -OCH3 is 2. The Balaban J connectivity index is 2.73. The molecular formula is C20H16F7NO4. The fraction of sp³-hybridized carbons (Fsp3) is 0.300. The topological polar surface area (TPSA) is 55.8 Å². The monoisotopic (exact) mass is 467 g/mol. The van der Waals surface area contributed by atoms with E-state index in [1.54, 1.807) is 0 Å². The molecule has 0 unspecified atom stereocenters. The first-order valence-electron chi connectivity index (χ1n) is 8.69. The van der Waals surface area contributed by atoms with Crippen molar-refractivity contribution in [2.75, 3.05) is 19.1 Å². The molecule has 0 radical (unpaired) electrons. The second-order valence-corrected chi connectivity index (χ2v) is 6.47. The number of carbonyl (C=O) groups is 2. The zero-order chi connectivity index (χ0) is 24.5. The maximum Gasteiger partial charge on any atom is 0.435 e. The molecule has 5 nitrogen and oxygen atoms in total. The van der Waals surface area contributed by atoms with Gasteiger partial charge in [-0.05, 0) is 30.7 Å². The van der Waals surface area contributed by atoms with Gasteiger partial charge in [0, 0.05) is 17.5 Å². The Morgan fingerprint density at radius 2 is 1.44 bits per heavy atom. The largest absolute Gasteiger partial charge is 0.465 e. The molecule has 1 aromatic rings. The third-order valence-corrected chi connectivity index (χ3v) is 4.52. The lowest BCUT2D eigenvalue weighted by molar-refractivity contribution is -0.348. The van der Waals surface area contributed by atoms with Crippen LogP contribution in [0, 0.1) is 6.92 Å². The first kappa shape index (κ1) is 25.0. The van der Waals surface area contributed by atoms with Gasteiger partial charge in [-0.3, -0.25) is 0 Å². The second-order valence-electron chi connectivity index (χ2n) is 6.47. The van der Waals surface area contributed by atoms with Crippen LogP contribution in [0.5, 0.6) is 0 Å². The molecule has 0 N–H and O–H groups in total. The predicted octanol–water partition coefficient (Wildman–Crippen LogP) is 4.77. The molecule has 0 fully saturated rings. The number of hydrogen-bond donors (Lipinski definition) is 0. The van der Waals surface area contributed by atoms with Crippen molar-refractivity contribution in [1.29, 1.82) is 0 Å². The van der Waals surface area contributed by atoms with Crippen LogP contribution in [-0.4, -0.2) is 38.5 Å². The van der Waals surface area contributed by atoms with Crippen LogP contribution in [0.4, 0.5) is 36.4 Å². The van der Waals surface area contributed by atoms with Crippen molar-refractivity contribution in [1.82, 2.24) is 0 Å². The van der Waals surface area contributed by atoms with Crippen molar-refractivity contribution in [3.05, 3.63) is 65.0 Å². The number of anilines is 1. The van der Waals surface area contributed by atoms with Crippen LogP contribution in [0.15, 0.2) is 53.9 Å². The molecule has 2 rings (SSSR count). The van der Waals surface area contributed by atoms with E-state index in [9.17, 15) is 40.3 Å². The van der Waals surface area contributed by atoms with Crippen LogP contribution in [0.25, 0.3) is 0 Å². The number of nitrogens with zero attached hydrogens (tertiary/aromatic N) is 1. The second kappa shape index (κ2) is 8.67. The van der Waals surface area contributed by atoms with Crippen LogP contribution in [0.2, 0.25) is 0 Å². The molecule has 0 saturated carbocycles. The Morgan fingerprint density at radius 3 is 1.91 bits per heavy atom. The Kier molecular flexibility index (Phi) is 6.76. The summed E-state index contributed by atoms with van der Waals surface area (Å²) < 4.78 is 102. The lowest BCUT2D eigenvalue weighted by Gasteiger charge is -2.31. The van der Waals surface area contributed by atoms with E-state index >= 15 is 0 Å². The van der Waals surface area contributed by atoms with Gasteiger partial charge in [-0.2, -0.15) is 26.3 Å². The van der Waals surface area contributed by atoms with E-state index in [1.807, 2.05) is 0 Å². The molecule has 1 aromatic carbocycles. The van der Waals surface area contributed by atoms with Gasteiger partial charge >= 0.3 is 30.0 Å². The Labute approximate surface area is 177 Å². The first-order valence-corrected chi connectivity index (χ1v) is 8.69. The minimum Gasteiger partial charge on any atom is -0.465 e. The molecule has 1 aliphatic rings. The minimum absolute atomic E-state index is 0.109. The summed E-state index contributed by atoms with van der Waals surface area (Å²) in [5.41, 5.74) is -8.38. The molecule has 0 aliphatic carbocycles. The molecular weight excluding hydrogens is 451 g/mol. The third kappa shape index (κ3) is 4.21. The van der Waals surface area contributed by atoms with Gasteiger partial charge in [-0.25, -0.2) is 14.0 Å². The number of esters is 2. The fourth-order valence-corrected chi connectivity index (χ4v) is 2.98. The average Bonchev–Trinajstić information content (AvgIpc) is 2.93. The number of hydrogen-bond acceptors (Lipinski definition) is 5. The van der Waals surface area contributed by atoms with Crippen LogP contribution in [0.1, 0.15) is 11.1 Å². The number of ether oxygens (including phenoxy) is 2. The van der Waals surface area contributed by atoms with Gasteiger partial charge in [-0.15, -0.1) is 0 Å². The Hall–Kier alpha value is -3.31. The Bertz CT molecular complexity index is 992. The maximum absolute atomic E-state index is 14.4. The summed E-state index contributed by atoms with van der Waals surface area (Å²) in [5, 5.41) is 0. The number of allylic oxidation sites excluding steroid dienone is 2. The number of aryl methyl sites for hydroxylation is 1. The van der Waals surface area contributed by atoms with E-state index in [-0.39, 0.29) is 16.8 Å². The standard InChI is InChI=1S/C20H16F7NO4/c1-11-10-12(18(21,19(22,23)24)20(25,26)27)7-8-14(11)28-9-5-4-6-13(16(29)31-2)15(28)17(30)32-3/h4-10H,1-3H3. The highest BCUT2D eigenvalue weighted by atomic mass is 19.4. The molecule has 0 spiro atoms. The average molecular weight is 467 g/mol. The summed E-state index contributed by atoms with van der Waals surface area (Å²) in [6, 6.07) is 1.45. The molecule has 0 bridgehead atoms. The van der Waals surface area contributed by atoms with E-state index in [2.05, 4.69) is 9.47 Å². The third-order valence-electron chi connectivity index (χ3n) is 4.52. The van der Waals surface area contributed by atoms with Crippen LogP contribution < -0.4 is 4.90 Å². The molecule has 12 heteroatoms. The number of alkyl halides is 7. The fourth-order valence-electron chi connectivity index (χ4n) is 2.98. The number of halogens is 7. The van der Waals surface area contributed by atoms with Crippen molar-refractivity contribution in [3.63, 3.8) is 0 Å². The van der Waals surface area contributed by atoms with Gasteiger partial charge in [0.25, 0.3) is 0 Å². The minimum atomic E-state index is -6.28. The van der Waals surface area contributed by atoms with Gasteiger partial charge < -0.3 is 14.4 Å². The summed E-state index contributed by atoms with van der Waals surface area (Å²) in [6.45, 7) is 1.12. The summed E-state index contributed by atoms with van der Waals surface area (Å²) in [6.07, 6.45) is -7.44. The Morgan fingerprint density at radius 1 is 0.875 bits per heavy atom. The zero-order valence-corrected chi connectivity index (χ0v) is 16.8. The highest BCUT2D eigenvalue weighted by Gasteiger charge is 2.73. The molecule has 0 saturated heterocycles. The highest BCUT2D eigenvalue weighted by Crippen LogP contribution is 2.53. The van der Waals surface area contributed by atoms with Gasteiger partial charge in [0.1, 0.15) is 5.70 Å². The number of rotatable bonds is 4. The molecule has 0 aromatic heterocycles. The normalized spacial score (nSPS) is 15.0. The van der Waals surface area contributed by atoms with Crippen LogP contribution in [-0.2, 0) is 24.7 Å². The maximum atomic E-state index is 14.4. The quantitative estimate of drug-likeness (QED) is 0.472. The van der Waals surface area contributed by atoms with E-state index in [4.69, 9.17) is 0 Å². The molecule has 1 aliphatic heterocycles. The number of carbonyl (C=O) groups excluding carboxylic acids is 2. The van der Waals surface area contributed by atoms with E-state index in [0.717, 1.165) is 32.1 Å². The van der Waals surface area contributed by atoms with Crippen molar-refractivity contribution in [2.45, 2.75) is 24.9 Å². The van der Waals surface area contributed by atoms with Crippen molar-refractivity contribution < 1.29 is 49.8 Å². The van der Waals surface area contributed by atoms with Crippen molar-refractivity contribution >= 4 is 17.6 Å². The molecule has 0 amide bonds. The first-order chi connectivity index (χ1) is 14.7. The van der Waals surface area contributed by atoms with Crippen LogP contribution in [0.3, 0.4) is 0 Å². The molecule has 1 heterocycles.